The zero-order chi connectivity index (χ0) is 12.7. The molecule has 3 aliphatic rings. The van der Waals surface area contributed by atoms with E-state index in [9.17, 15) is 9.90 Å². The van der Waals surface area contributed by atoms with Crippen LogP contribution in [0.25, 0.3) is 0 Å². The van der Waals surface area contributed by atoms with Gasteiger partial charge in [0.2, 0.25) is 5.91 Å². The van der Waals surface area contributed by atoms with Crippen molar-refractivity contribution in [2.24, 2.45) is 23.7 Å². The summed E-state index contributed by atoms with van der Waals surface area (Å²) in [4.78, 5) is 14.3. The highest BCUT2D eigenvalue weighted by Crippen LogP contribution is 2.49. The number of carbonyl (C=O) groups is 1. The maximum atomic E-state index is 12.3. The zero-order valence-corrected chi connectivity index (χ0v) is 11.3. The number of fused-ring (bicyclic) bond motifs is 2. The van der Waals surface area contributed by atoms with Crippen LogP contribution in [0.15, 0.2) is 0 Å². The van der Waals surface area contributed by atoms with Crippen molar-refractivity contribution in [2.45, 2.75) is 51.6 Å². The summed E-state index contributed by atoms with van der Waals surface area (Å²) in [6, 6.07) is 0. The molecule has 18 heavy (non-hydrogen) atoms. The van der Waals surface area contributed by atoms with Gasteiger partial charge < -0.3 is 10.0 Å². The summed E-state index contributed by atoms with van der Waals surface area (Å²) in [7, 11) is 0. The summed E-state index contributed by atoms with van der Waals surface area (Å²) in [5, 5.41) is 9.71. The number of likely N-dealkylation sites (tertiary alicyclic amines) is 1. The Morgan fingerprint density at radius 1 is 1.28 bits per heavy atom. The first-order valence-corrected chi connectivity index (χ1v) is 7.59. The Balaban J connectivity index is 1.52. The third-order valence-corrected chi connectivity index (χ3v) is 5.53. The monoisotopic (exact) mass is 251 g/mol. The van der Waals surface area contributed by atoms with Crippen LogP contribution >= 0.6 is 0 Å². The normalized spacial score (nSPS) is 43.4. The van der Waals surface area contributed by atoms with Crippen molar-refractivity contribution in [3.63, 3.8) is 0 Å². The van der Waals surface area contributed by atoms with Crippen molar-refractivity contribution >= 4 is 5.91 Å². The first-order chi connectivity index (χ1) is 8.63. The van der Waals surface area contributed by atoms with E-state index in [-0.39, 0.29) is 12.0 Å². The quantitative estimate of drug-likeness (QED) is 0.816. The number of piperidine rings is 1. The molecule has 1 N–H and O–H groups in total. The maximum absolute atomic E-state index is 12.3. The lowest BCUT2D eigenvalue weighted by molar-refractivity contribution is -0.136. The molecule has 3 nitrogen and oxygen atoms in total. The molecule has 0 radical (unpaired) electrons. The molecule has 1 heterocycles. The van der Waals surface area contributed by atoms with Gasteiger partial charge >= 0.3 is 0 Å². The van der Waals surface area contributed by atoms with Gasteiger partial charge in [0.1, 0.15) is 0 Å². The van der Waals surface area contributed by atoms with Gasteiger partial charge in [0, 0.05) is 19.5 Å². The molecule has 3 fully saturated rings. The van der Waals surface area contributed by atoms with Crippen LogP contribution in [0.5, 0.6) is 0 Å². The third-order valence-electron chi connectivity index (χ3n) is 5.53. The summed E-state index contributed by atoms with van der Waals surface area (Å²) in [6.07, 6.45) is 6.75. The number of hydrogen-bond acceptors (Lipinski definition) is 2. The molecule has 102 valence electrons. The fourth-order valence-corrected chi connectivity index (χ4v) is 4.34. The number of carbonyl (C=O) groups excluding carboxylic acids is 1. The van der Waals surface area contributed by atoms with E-state index in [2.05, 4.69) is 0 Å². The lowest BCUT2D eigenvalue weighted by atomic mass is 9.85. The van der Waals surface area contributed by atoms with Crippen LogP contribution in [0, 0.1) is 23.7 Å². The van der Waals surface area contributed by atoms with Crippen LogP contribution in [-0.4, -0.2) is 35.1 Å². The standard InChI is InChI=1S/C15H25NO2/c1-10-9-16(5-4-14(10)17)15(18)8-13-7-11-2-3-12(13)6-11/h10-14,17H,2-9H2,1H3. The Hall–Kier alpha value is -0.570. The average Bonchev–Trinajstić information content (AvgIpc) is 2.94. The Bertz CT molecular complexity index is 330. The molecule has 0 aromatic rings. The number of aliphatic hydroxyl groups is 1. The van der Waals surface area contributed by atoms with E-state index < -0.39 is 0 Å². The zero-order valence-electron chi connectivity index (χ0n) is 11.3. The molecule has 1 aliphatic heterocycles. The second kappa shape index (κ2) is 4.84. The molecule has 0 aromatic heterocycles. The Labute approximate surface area is 110 Å². The number of rotatable bonds is 2. The molecular weight excluding hydrogens is 226 g/mol. The molecule has 5 atom stereocenters. The predicted molar refractivity (Wildman–Crippen MR) is 69.9 cm³/mol. The average molecular weight is 251 g/mol. The highest BCUT2D eigenvalue weighted by Gasteiger charge is 2.41. The van der Waals surface area contributed by atoms with Gasteiger partial charge in [-0.05, 0) is 49.4 Å². The summed E-state index contributed by atoms with van der Waals surface area (Å²) in [5.41, 5.74) is 0. The SMILES string of the molecule is CC1CN(C(=O)CC2CC3CCC2C3)CCC1O. The highest BCUT2D eigenvalue weighted by molar-refractivity contribution is 5.76. The molecular formula is C15H25NO2. The van der Waals surface area contributed by atoms with Crippen molar-refractivity contribution < 1.29 is 9.90 Å². The second-order valence-corrected chi connectivity index (χ2v) is 6.81. The lowest BCUT2D eigenvalue weighted by Crippen LogP contribution is -2.45. The van der Waals surface area contributed by atoms with Gasteiger partial charge in [0.15, 0.2) is 0 Å². The van der Waals surface area contributed by atoms with Crippen LogP contribution < -0.4 is 0 Å². The Morgan fingerprint density at radius 2 is 2.11 bits per heavy atom. The van der Waals surface area contributed by atoms with E-state index >= 15 is 0 Å². The van der Waals surface area contributed by atoms with Gasteiger partial charge in [-0.3, -0.25) is 4.79 Å². The number of hydrogen-bond donors (Lipinski definition) is 1. The molecule has 3 rings (SSSR count). The van der Waals surface area contributed by atoms with Gasteiger partial charge in [0.05, 0.1) is 6.10 Å². The lowest BCUT2D eigenvalue weighted by Gasteiger charge is -2.35. The molecule has 3 heteroatoms. The van der Waals surface area contributed by atoms with Crippen LogP contribution in [0.4, 0.5) is 0 Å². The van der Waals surface area contributed by atoms with Crippen LogP contribution in [0.3, 0.4) is 0 Å². The summed E-state index contributed by atoms with van der Waals surface area (Å²) >= 11 is 0. The number of amides is 1. The fraction of sp³-hybridized carbons (Fsp3) is 0.933. The third kappa shape index (κ3) is 2.29. The van der Waals surface area contributed by atoms with Crippen molar-refractivity contribution in [2.75, 3.05) is 13.1 Å². The molecule has 0 spiro atoms. The van der Waals surface area contributed by atoms with Gasteiger partial charge in [0.25, 0.3) is 0 Å². The molecule has 1 saturated heterocycles. The molecule has 2 saturated carbocycles. The maximum Gasteiger partial charge on any atom is 0.222 e. The summed E-state index contributed by atoms with van der Waals surface area (Å²) in [6.45, 7) is 3.55. The topological polar surface area (TPSA) is 40.5 Å². The van der Waals surface area contributed by atoms with E-state index in [0.29, 0.717) is 11.8 Å². The smallest absolute Gasteiger partial charge is 0.222 e. The molecule has 0 aromatic carbocycles. The minimum Gasteiger partial charge on any atom is -0.393 e. The fourth-order valence-electron chi connectivity index (χ4n) is 4.34. The van der Waals surface area contributed by atoms with Gasteiger partial charge in [-0.15, -0.1) is 0 Å². The minimum atomic E-state index is -0.212. The predicted octanol–water partition coefficient (Wildman–Crippen LogP) is 2.04. The van der Waals surface area contributed by atoms with E-state index in [4.69, 9.17) is 0 Å². The number of aliphatic hydroxyl groups excluding tert-OH is 1. The van der Waals surface area contributed by atoms with Gasteiger partial charge in [-0.25, -0.2) is 0 Å². The summed E-state index contributed by atoms with van der Waals surface area (Å²) < 4.78 is 0. The van der Waals surface area contributed by atoms with Crippen molar-refractivity contribution in [3.8, 4) is 0 Å². The molecule has 2 aliphatic carbocycles. The molecule has 1 amide bonds. The van der Waals surface area contributed by atoms with Crippen molar-refractivity contribution in [3.05, 3.63) is 0 Å². The van der Waals surface area contributed by atoms with Crippen LogP contribution in [0.1, 0.15) is 45.4 Å². The Kier molecular flexibility index (Phi) is 3.35. The van der Waals surface area contributed by atoms with E-state index in [1.54, 1.807) is 0 Å². The second-order valence-electron chi connectivity index (χ2n) is 6.81. The van der Waals surface area contributed by atoms with E-state index in [1.807, 2.05) is 11.8 Å². The van der Waals surface area contributed by atoms with Crippen molar-refractivity contribution in [1.29, 1.82) is 0 Å². The van der Waals surface area contributed by atoms with E-state index in [1.165, 1.54) is 25.7 Å². The number of nitrogens with zero attached hydrogens (tertiary/aromatic N) is 1. The van der Waals surface area contributed by atoms with Crippen LogP contribution in [-0.2, 0) is 4.79 Å². The van der Waals surface area contributed by atoms with Gasteiger partial charge in [-0.1, -0.05) is 13.3 Å². The van der Waals surface area contributed by atoms with Gasteiger partial charge in [-0.2, -0.15) is 0 Å². The highest BCUT2D eigenvalue weighted by atomic mass is 16.3. The first kappa shape index (κ1) is 12.5. The van der Waals surface area contributed by atoms with E-state index in [0.717, 1.165) is 37.8 Å². The largest absolute Gasteiger partial charge is 0.393 e. The molecule has 2 bridgehead atoms. The molecule has 5 unspecified atom stereocenters. The summed E-state index contributed by atoms with van der Waals surface area (Å²) in [5.74, 6) is 3.01. The Morgan fingerprint density at radius 3 is 2.72 bits per heavy atom. The first-order valence-electron chi connectivity index (χ1n) is 7.59. The van der Waals surface area contributed by atoms with Crippen molar-refractivity contribution in [1.82, 2.24) is 4.90 Å². The van der Waals surface area contributed by atoms with Crippen LogP contribution in [0.2, 0.25) is 0 Å². The minimum absolute atomic E-state index is 0.212.